The SMILES string of the molecule is CCOC(=O)[C@]1(CCc2ccccc2)CCCN(Cc2cccn2-c2ncccn2)C1. The lowest BCUT2D eigenvalue weighted by Crippen LogP contribution is -2.48. The van der Waals surface area contributed by atoms with Crippen LogP contribution < -0.4 is 0 Å². The molecule has 4 rings (SSSR count). The fourth-order valence-electron chi connectivity index (χ4n) is 4.53. The molecule has 2 aromatic heterocycles. The molecule has 0 bridgehead atoms. The molecule has 1 saturated heterocycles. The van der Waals surface area contributed by atoms with Crippen LogP contribution in [0.15, 0.2) is 67.1 Å². The van der Waals surface area contributed by atoms with Gasteiger partial charge < -0.3 is 4.74 Å². The second kappa shape index (κ2) is 9.88. The summed E-state index contributed by atoms with van der Waals surface area (Å²) in [6, 6.07) is 16.3. The number of benzene rings is 1. The molecule has 6 nitrogen and oxygen atoms in total. The molecular formula is C25H30N4O2. The maximum Gasteiger partial charge on any atom is 0.313 e. The van der Waals surface area contributed by atoms with Gasteiger partial charge in [-0.05, 0) is 62.9 Å². The van der Waals surface area contributed by atoms with Crippen molar-refractivity contribution in [1.82, 2.24) is 19.4 Å². The van der Waals surface area contributed by atoms with E-state index in [2.05, 4.69) is 45.2 Å². The van der Waals surface area contributed by atoms with Crippen molar-refractivity contribution < 1.29 is 9.53 Å². The largest absolute Gasteiger partial charge is 0.466 e. The van der Waals surface area contributed by atoms with E-state index in [1.54, 1.807) is 12.4 Å². The standard InChI is InChI=1S/C25H30N4O2/c1-2-31-23(30)25(14-12-21-9-4-3-5-10-21)13-7-17-28(20-25)19-22-11-6-18-29(22)24-26-15-8-16-27-24/h3-6,8-11,15-16,18H,2,7,12-14,17,19-20H2,1H3/t25-/m0/s1. The van der Waals surface area contributed by atoms with Crippen LogP contribution in [0.5, 0.6) is 0 Å². The second-order valence-electron chi connectivity index (χ2n) is 8.22. The van der Waals surface area contributed by atoms with Gasteiger partial charge in [-0.15, -0.1) is 0 Å². The Hall–Kier alpha value is -2.99. The molecule has 0 spiro atoms. The molecule has 31 heavy (non-hydrogen) atoms. The van der Waals surface area contributed by atoms with Crippen molar-refractivity contribution in [2.45, 2.75) is 39.2 Å². The minimum Gasteiger partial charge on any atom is -0.466 e. The van der Waals surface area contributed by atoms with Crippen molar-refractivity contribution in [3.63, 3.8) is 0 Å². The number of esters is 1. The van der Waals surface area contributed by atoms with Gasteiger partial charge in [-0.25, -0.2) is 9.97 Å². The second-order valence-corrected chi connectivity index (χ2v) is 8.22. The average molecular weight is 419 g/mol. The van der Waals surface area contributed by atoms with Gasteiger partial charge >= 0.3 is 5.97 Å². The summed E-state index contributed by atoms with van der Waals surface area (Å²) in [5, 5.41) is 0. The lowest BCUT2D eigenvalue weighted by molar-refractivity contribution is -0.160. The summed E-state index contributed by atoms with van der Waals surface area (Å²) >= 11 is 0. The van der Waals surface area contributed by atoms with E-state index in [4.69, 9.17) is 4.74 Å². The summed E-state index contributed by atoms with van der Waals surface area (Å²) in [5.74, 6) is 0.609. The summed E-state index contributed by atoms with van der Waals surface area (Å²) in [6.45, 7) is 4.72. The number of ether oxygens (including phenoxy) is 1. The lowest BCUT2D eigenvalue weighted by atomic mass is 9.75. The molecule has 1 atom stereocenters. The molecule has 1 aromatic carbocycles. The van der Waals surface area contributed by atoms with E-state index in [0.29, 0.717) is 19.1 Å². The highest BCUT2D eigenvalue weighted by molar-refractivity contribution is 5.77. The summed E-state index contributed by atoms with van der Waals surface area (Å²) < 4.78 is 7.58. The molecule has 3 heterocycles. The molecule has 0 unspecified atom stereocenters. The maximum atomic E-state index is 13.1. The Bertz CT molecular complexity index is 973. The molecule has 1 fully saturated rings. The molecular weight excluding hydrogens is 388 g/mol. The maximum absolute atomic E-state index is 13.1. The van der Waals surface area contributed by atoms with E-state index in [1.165, 1.54) is 5.56 Å². The number of hydrogen-bond donors (Lipinski definition) is 0. The Kier molecular flexibility index (Phi) is 6.77. The van der Waals surface area contributed by atoms with Gasteiger partial charge in [0.15, 0.2) is 0 Å². The molecule has 0 saturated carbocycles. The minimum absolute atomic E-state index is 0.0580. The molecule has 1 aliphatic heterocycles. The van der Waals surface area contributed by atoms with E-state index in [-0.39, 0.29) is 5.97 Å². The fourth-order valence-corrected chi connectivity index (χ4v) is 4.53. The van der Waals surface area contributed by atoms with Gasteiger partial charge in [-0.1, -0.05) is 30.3 Å². The fraction of sp³-hybridized carbons (Fsp3) is 0.400. The summed E-state index contributed by atoms with van der Waals surface area (Å²) in [7, 11) is 0. The van der Waals surface area contributed by atoms with Crippen molar-refractivity contribution >= 4 is 5.97 Å². The Morgan fingerprint density at radius 2 is 1.90 bits per heavy atom. The normalized spacial score (nSPS) is 19.3. The van der Waals surface area contributed by atoms with Crippen LogP contribution in [-0.2, 0) is 22.5 Å². The zero-order valence-corrected chi connectivity index (χ0v) is 18.1. The topological polar surface area (TPSA) is 60.2 Å². The van der Waals surface area contributed by atoms with E-state index >= 15 is 0 Å². The van der Waals surface area contributed by atoms with Gasteiger partial charge in [-0.3, -0.25) is 14.3 Å². The third-order valence-corrected chi connectivity index (χ3v) is 6.09. The number of piperidine rings is 1. The first kappa shape index (κ1) is 21.2. The van der Waals surface area contributed by atoms with E-state index < -0.39 is 5.41 Å². The van der Waals surface area contributed by atoms with Gasteiger partial charge in [0.2, 0.25) is 5.95 Å². The van der Waals surface area contributed by atoms with Crippen molar-refractivity contribution in [1.29, 1.82) is 0 Å². The van der Waals surface area contributed by atoms with Gasteiger partial charge in [0.1, 0.15) is 0 Å². The molecule has 3 aromatic rings. The van der Waals surface area contributed by atoms with Crippen LogP contribution in [0.4, 0.5) is 0 Å². The Labute approximate surface area is 183 Å². The van der Waals surface area contributed by atoms with E-state index in [1.807, 2.05) is 35.9 Å². The number of carbonyl (C=O) groups excluding carboxylic acids is 1. The molecule has 0 aliphatic carbocycles. The van der Waals surface area contributed by atoms with E-state index in [9.17, 15) is 4.79 Å². The van der Waals surface area contributed by atoms with Crippen LogP contribution in [0.2, 0.25) is 0 Å². The number of nitrogens with zero attached hydrogens (tertiary/aromatic N) is 4. The van der Waals surface area contributed by atoms with Crippen LogP contribution in [0.1, 0.15) is 37.4 Å². The zero-order chi connectivity index (χ0) is 21.5. The first-order valence-corrected chi connectivity index (χ1v) is 11.1. The summed E-state index contributed by atoms with van der Waals surface area (Å²) in [4.78, 5) is 24.2. The molecule has 1 aliphatic rings. The van der Waals surface area contributed by atoms with Gasteiger partial charge in [0.25, 0.3) is 0 Å². The first-order chi connectivity index (χ1) is 15.2. The van der Waals surface area contributed by atoms with Crippen molar-refractivity contribution in [2.24, 2.45) is 5.41 Å². The molecule has 0 radical (unpaired) electrons. The number of rotatable bonds is 8. The van der Waals surface area contributed by atoms with Crippen LogP contribution >= 0.6 is 0 Å². The third-order valence-electron chi connectivity index (χ3n) is 6.09. The molecule has 6 heteroatoms. The monoisotopic (exact) mass is 418 g/mol. The van der Waals surface area contributed by atoms with Crippen LogP contribution in [0, 0.1) is 5.41 Å². The number of aromatic nitrogens is 3. The highest BCUT2D eigenvalue weighted by atomic mass is 16.5. The number of likely N-dealkylation sites (tertiary alicyclic amines) is 1. The highest BCUT2D eigenvalue weighted by Crippen LogP contribution is 2.37. The average Bonchev–Trinajstić information content (AvgIpc) is 3.27. The smallest absolute Gasteiger partial charge is 0.313 e. The van der Waals surface area contributed by atoms with Crippen LogP contribution in [0.25, 0.3) is 5.95 Å². The van der Waals surface area contributed by atoms with E-state index in [0.717, 1.165) is 44.5 Å². The van der Waals surface area contributed by atoms with Gasteiger partial charge in [-0.2, -0.15) is 0 Å². The quantitative estimate of drug-likeness (QED) is 0.517. The lowest BCUT2D eigenvalue weighted by Gasteiger charge is -2.41. The van der Waals surface area contributed by atoms with Crippen LogP contribution in [0.3, 0.4) is 0 Å². The van der Waals surface area contributed by atoms with Crippen molar-refractivity contribution in [2.75, 3.05) is 19.7 Å². The Balaban J connectivity index is 1.51. The Morgan fingerprint density at radius 1 is 1.10 bits per heavy atom. The summed E-state index contributed by atoms with van der Waals surface area (Å²) in [5.41, 5.74) is 1.91. The number of hydrogen-bond acceptors (Lipinski definition) is 5. The molecule has 162 valence electrons. The summed E-state index contributed by atoms with van der Waals surface area (Å²) in [6.07, 6.45) is 9.03. The van der Waals surface area contributed by atoms with Crippen molar-refractivity contribution in [3.05, 3.63) is 78.4 Å². The number of carbonyl (C=O) groups is 1. The zero-order valence-electron chi connectivity index (χ0n) is 18.1. The van der Waals surface area contributed by atoms with Crippen LogP contribution in [-0.4, -0.2) is 45.1 Å². The Morgan fingerprint density at radius 3 is 2.68 bits per heavy atom. The van der Waals surface area contributed by atoms with Crippen molar-refractivity contribution in [3.8, 4) is 5.95 Å². The molecule has 0 amide bonds. The van der Waals surface area contributed by atoms with Gasteiger partial charge in [0.05, 0.1) is 12.0 Å². The highest BCUT2D eigenvalue weighted by Gasteiger charge is 2.43. The predicted octanol–water partition coefficient (Wildman–Crippen LogP) is 4.05. The number of aryl methyl sites for hydroxylation is 1. The third kappa shape index (κ3) is 5.02. The predicted molar refractivity (Wildman–Crippen MR) is 120 cm³/mol. The first-order valence-electron chi connectivity index (χ1n) is 11.1. The molecule has 0 N–H and O–H groups in total. The minimum atomic E-state index is -0.467. The van der Waals surface area contributed by atoms with Gasteiger partial charge in [0, 0.05) is 37.4 Å².